The number of nitrogens with two attached hydrogens (primary N) is 1. The molecule has 1 aromatic heterocycles. The largest absolute Gasteiger partial charge is 0.481 e. The molecule has 8 heteroatoms. The number of Topliss-reactive ketones (excluding diaryl/α,β-unsaturated/α-hetero) is 1. The number of H-pyrrole nitrogens is 1. The lowest BCUT2D eigenvalue weighted by Crippen LogP contribution is -2.51. The molecule has 1 aromatic carbocycles. The maximum absolute atomic E-state index is 12.6. The van der Waals surface area contributed by atoms with Crippen LogP contribution >= 0.6 is 0 Å². The Labute approximate surface area is 163 Å². The number of ketones is 1. The van der Waals surface area contributed by atoms with Gasteiger partial charge in [-0.1, -0.05) is 18.2 Å². The van der Waals surface area contributed by atoms with Gasteiger partial charge < -0.3 is 25.0 Å². The number of carbonyl (C=O) groups is 3. The molecule has 8 nitrogen and oxygen atoms in total. The van der Waals surface area contributed by atoms with Crippen LogP contribution in [-0.2, 0) is 25.5 Å². The van der Waals surface area contributed by atoms with Crippen molar-refractivity contribution in [3.63, 3.8) is 0 Å². The summed E-state index contributed by atoms with van der Waals surface area (Å²) in [6.07, 6.45) is 0.922. The zero-order valence-electron chi connectivity index (χ0n) is 16.6. The van der Waals surface area contributed by atoms with E-state index in [1.54, 1.807) is 6.20 Å². The molecule has 0 saturated carbocycles. The minimum atomic E-state index is -1.43. The van der Waals surface area contributed by atoms with Crippen LogP contribution in [0.2, 0.25) is 0 Å². The van der Waals surface area contributed by atoms with E-state index >= 15 is 0 Å². The highest BCUT2D eigenvalue weighted by Crippen LogP contribution is 2.20. The minimum Gasteiger partial charge on any atom is -0.481 e. The topological polar surface area (TPSA) is 122 Å². The summed E-state index contributed by atoms with van der Waals surface area (Å²) in [7, 11) is 5.48. The number of likely N-dealkylation sites (N-methyl/N-ethyl adjacent to an activating group) is 1. The van der Waals surface area contributed by atoms with E-state index in [0.717, 1.165) is 16.5 Å². The van der Waals surface area contributed by atoms with E-state index in [9.17, 15) is 19.5 Å². The Balaban J connectivity index is 2.17. The number of aromatic nitrogens is 1. The fraction of sp³-hybridized carbons (Fsp3) is 0.450. The van der Waals surface area contributed by atoms with Gasteiger partial charge in [0.1, 0.15) is 18.4 Å². The van der Waals surface area contributed by atoms with Crippen molar-refractivity contribution >= 4 is 28.6 Å². The molecule has 0 radical (unpaired) electrons. The van der Waals surface area contributed by atoms with Gasteiger partial charge in [-0.25, -0.2) is 0 Å². The number of carbonyl (C=O) groups excluding carboxylic acids is 2. The van der Waals surface area contributed by atoms with Crippen LogP contribution in [0.15, 0.2) is 30.5 Å². The van der Waals surface area contributed by atoms with E-state index in [2.05, 4.69) is 4.98 Å². The van der Waals surface area contributed by atoms with Crippen LogP contribution < -0.4 is 5.73 Å². The second-order valence-corrected chi connectivity index (χ2v) is 8.04. The van der Waals surface area contributed by atoms with Crippen LogP contribution in [0, 0.1) is 5.92 Å². The third-order valence-corrected chi connectivity index (χ3v) is 4.49. The highest BCUT2D eigenvalue weighted by atomic mass is 16.5. The van der Waals surface area contributed by atoms with Gasteiger partial charge in [-0.2, -0.15) is 0 Å². The normalized spacial score (nSPS) is 15.0. The number of esters is 1. The van der Waals surface area contributed by atoms with Crippen molar-refractivity contribution in [3.05, 3.63) is 36.0 Å². The fourth-order valence-corrected chi connectivity index (χ4v) is 3.20. The first-order chi connectivity index (χ1) is 13.0. The molecule has 0 aliphatic heterocycles. The van der Waals surface area contributed by atoms with Crippen LogP contribution in [0.25, 0.3) is 10.9 Å². The van der Waals surface area contributed by atoms with Gasteiger partial charge >= 0.3 is 11.9 Å². The molecule has 0 saturated heterocycles. The van der Waals surface area contributed by atoms with Gasteiger partial charge in [-0.3, -0.25) is 14.4 Å². The average molecular weight is 390 g/mol. The van der Waals surface area contributed by atoms with Crippen molar-refractivity contribution in [1.82, 2.24) is 4.98 Å². The second-order valence-electron chi connectivity index (χ2n) is 8.04. The molecule has 0 aliphatic carbocycles. The third-order valence-electron chi connectivity index (χ3n) is 4.49. The lowest BCUT2D eigenvalue weighted by Gasteiger charge is -2.31. The van der Waals surface area contributed by atoms with Gasteiger partial charge in [0, 0.05) is 23.5 Å². The molecule has 3 atom stereocenters. The number of carboxylic acid groups (broad SMARTS) is 1. The molecule has 4 N–H and O–H groups in total. The fourth-order valence-electron chi connectivity index (χ4n) is 3.20. The Bertz CT molecular complexity index is 854. The molecular weight excluding hydrogens is 362 g/mol. The Kier molecular flexibility index (Phi) is 6.58. The van der Waals surface area contributed by atoms with Crippen LogP contribution in [0.1, 0.15) is 12.5 Å². The van der Waals surface area contributed by atoms with Crippen molar-refractivity contribution in [1.29, 1.82) is 0 Å². The van der Waals surface area contributed by atoms with Crippen molar-refractivity contribution < 1.29 is 28.7 Å². The van der Waals surface area contributed by atoms with Gasteiger partial charge in [0.2, 0.25) is 0 Å². The molecule has 0 aliphatic rings. The number of carboxylic acids is 1. The molecule has 1 heterocycles. The lowest BCUT2D eigenvalue weighted by molar-refractivity contribution is -0.873. The van der Waals surface area contributed by atoms with E-state index in [4.69, 9.17) is 10.5 Å². The molecule has 0 fully saturated rings. The number of nitrogens with one attached hydrogen (secondary N) is 1. The van der Waals surface area contributed by atoms with Gasteiger partial charge in [0.25, 0.3) is 0 Å². The summed E-state index contributed by atoms with van der Waals surface area (Å²) in [6, 6.07) is 6.67. The quantitative estimate of drug-likeness (QED) is 0.333. The zero-order valence-corrected chi connectivity index (χ0v) is 16.6. The Morgan fingerprint density at radius 1 is 1.21 bits per heavy atom. The van der Waals surface area contributed by atoms with Crippen molar-refractivity contribution in [3.8, 4) is 0 Å². The standard InChI is InChI=1S/C20H27N3O5/c1-12(24)18(19(25)26)17(11-23(2,3)4)28-20(27)15(21)9-13-10-22-16-8-6-5-7-14(13)16/h5-8,10,15,17-18,22H,9,11,21H2,1-4H3/p+1/t15-,17?,18?/m0/s1. The second kappa shape index (κ2) is 8.53. The zero-order chi connectivity index (χ0) is 21.1. The highest BCUT2D eigenvalue weighted by Gasteiger charge is 2.39. The number of aliphatic carboxylic acids is 1. The average Bonchev–Trinajstić information content (AvgIpc) is 2.95. The first-order valence-corrected chi connectivity index (χ1v) is 9.04. The molecular formula is C20H28N3O5+. The molecule has 2 unspecified atom stereocenters. The molecule has 0 amide bonds. The molecule has 2 aromatic rings. The van der Waals surface area contributed by atoms with Crippen molar-refractivity contribution in [2.45, 2.75) is 25.5 Å². The first kappa shape index (κ1) is 21.6. The minimum absolute atomic E-state index is 0.169. The molecule has 0 spiro atoms. The summed E-state index contributed by atoms with van der Waals surface area (Å²) in [5.74, 6) is -4.04. The maximum Gasteiger partial charge on any atom is 0.323 e. The predicted octanol–water partition coefficient (Wildman–Crippen LogP) is 0.946. The number of quaternary nitrogens is 1. The summed E-state index contributed by atoms with van der Waals surface area (Å²) in [5.41, 5.74) is 7.84. The predicted molar refractivity (Wildman–Crippen MR) is 105 cm³/mol. The van der Waals surface area contributed by atoms with Crippen LogP contribution in [0.3, 0.4) is 0 Å². The Morgan fingerprint density at radius 2 is 1.86 bits per heavy atom. The lowest BCUT2D eigenvalue weighted by atomic mass is 9.97. The van der Waals surface area contributed by atoms with Crippen LogP contribution in [-0.4, -0.2) is 72.1 Å². The van der Waals surface area contributed by atoms with E-state index < -0.39 is 35.8 Å². The first-order valence-electron chi connectivity index (χ1n) is 9.04. The van der Waals surface area contributed by atoms with E-state index in [1.807, 2.05) is 45.4 Å². The van der Waals surface area contributed by atoms with Crippen LogP contribution in [0.5, 0.6) is 0 Å². The summed E-state index contributed by atoms with van der Waals surface area (Å²) >= 11 is 0. The van der Waals surface area contributed by atoms with Gasteiger partial charge in [0.15, 0.2) is 12.0 Å². The number of hydrogen-bond acceptors (Lipinski definition) is 5. The van der Waals surface area contributed by atoms with Crippen molar-refractivity contribution in [2.24, 2.45) is 11.7 Å². The molecule has 0 bridgehead atoms. The van der Waals surface area contributed by atoms with Crippen molar-refractivity contribution in [2.75, 3.05) is 27.7 Å². The van der Waals surface area contributed by atoms with E-state index in [0.29, 0.717) is 4.48 Å². The number of para-hydroxylation sites is 1. The van der Waals surface area contributed by atoms with E-state index in [1.165, 1.54) is 6.92 Å². The summed E-state index contributed by atoms with van der Waals surface area (Å²) in [6.45, 7) is 1.35. The SMILES string of the molecule is CC(=O)C(C(=O)O)C(C[N+](C)(C)C)OC(=O)[C@@H](N)Cc1c[nH]c2ccccc12. The Morgan fingerprint density at radius 3 is 2.43 bits per heavy atom. The molecule has 28 heavy (non-hydrogen) atoms. The number of nitrogens with zero attached hydrogens (tertiary/aromatic N) is 1. The smallest absolute Gasteiger partial charge is 0.323 e. The summed E-state index contributed by atoms with van der Waals surface area (Å²) in [5, 5.41) is 10.4. The third kappa shape index (κ3) is 5.40. The number of aromatic amines is 1. The number of rotatable bonds is 9. The monoisotopic (exact) mass is 390 g/mol. The number of hydrogen-bond donors (Lipinski definition) is 3. The van der Waals surface area contributed by atoms with E-state index in [-0.39, 0.29) is 13.0 Å². The Hall–Kier alpha value is -2.71. The summed E-state index contributed by atoms with van der Waals surface area (Å²) < 4.78 is 5.77. The van der Waals surface area contributed by atoms with Gasteiger partial charge in [-0.05, 0) is 18.6 Å². The molecule has 2 rings (SSSR count). The summed E-state index contributed by atoms with van der Waals surface area (Å²) in [4.78, 5) is 39.1. The van der Waals surface area contributed by atoms with Gasteiger partial charge in [-0.15, -0.1) is 0 Å². The van der Waals surface area contributed by atoms with Crippen LogP contribution in [0.4, 0.5) is 0 Å². The number of fused-ring (bicyclic) bond motifs is 1. The highest BCUT2D eigenvalue weighted by molar-refractivity contribution is 5.98. The number of ether oxygens (including phenoxy) is 1. The van der Waals surface area contributed by atoms with Gasteiger partial charge in [0.05, 0.1) is 21.1 Å². The number of benzene rings is 1. The molecule has 152 valence electrons. The maximum atomic E-state index is 12.6.